The molecule has 0 fully saturated rings. The van der Waals surface area contributed by atoms with Crippen molar-refractivity contribution in [1.29, 1.82) is 0 Å². The van der Waals surface area contributed by atoms with E-state index in [4.69, 9.17) is 19.5 Å². The second kappa shape index (κ2) is 8.88. The summed E-state index contributed by atoms with van der Waals surface area (Å²) in [6.45, 7) is 5.53. The van der Waals surface area contributed by atoms with Gasteiger partial charge in [0.2, 0.25) is 0 Å². The van der Waals surface area contributed by atoms with Gasteiger partial charge in [-0.1, -0.05) is 12.1 Å². The van der Waals surface area contributed by atoms with E-state index < -0.39 is 19.7 Å². The summed E-state index contributed by atoms with van der Waals surface area (Å²) in [7, 11) is -3.31. The third-order valence-electron chi connectivity index (χ3n) is 2.97. The summed E-state index contributed by atoms with van der Waals surface area (Å²) in [5.41, 5.74) is 5.63. The number of hydroxylamine groups is 2. The molecule has 23 heavy (non-hydrogen) atoms. The Bertz CT molecular complexity index is 558. The molecule has 2 amide bonds. The average molecular weight is 346 g/mol. The first-order valence-electron chi connectivity index (χ1n) is 7.21. The molecule has 3 N–H and O–H groups in total. The molecule has 1 aromatic carbocycles. The fraction of sp³-hybridized carbons (Fsp3) is 0.500. The van der Waals surface area contributed by atoms with E-state index in [0.717, 1.165) is 0 Å². The number of hydrogen-bond donors (Lipinski definition) is 2. The van der Waals surface area contributed by atoms with Crippen LogP contribution in [0.4, 0.5) is 4.79 Å². The van der Waals surface area contributed by atoms with Crippen molar-refractivity contribution >= 4 is 13.6 Å². The highest BCUT2D eigenvalue weighted by atomic mass is 31.2. The van der Waals surface area contributed by atoms with Crippen LogP contribution in [0.3, 0.4) is 0 Å². The van der Waals surface area contributed by atoms with Crippen LogP contribution in [0.15, 0.2) is 24.3 Å². The van der Waals surface area contributed by atoms with Crippen LogP contribution in [0.25, 0.3) is 0 Å². The lowest BCUT2D eigenvalue weighted by Gasteiger charge is -2.21. The molecule has 1 aromatic rings. The molecule has 1 rings (SSSR count). The zero-order chi connectivity index (χ0) is 17.5. The van der Waals surface area contributed by atoms with E-state index in [1.54, 1.807) is 45.0 Å². The van der Waals surface area contributed by atoms with Crippen molar-refractivity contribution in [3.8, 4) is 5.75 Å². The van der Waals surface area contributed by atoms with Crippen molar-refractivity contribution in [1.82, 2.24) is 5.06 Å². The summed E-state index contributed by atoms with van der Waals surface area (Å²) in [6, 6.07) is 5.04. The molecule has 0 heterocycles. The van der Waals surface area contributed by atoms with Crippen molar-refractivity contribution in [2.75, 3.05) is 19.6 Å². The fourth-order valence-electron chi connectivity index (χ4n) is 1.86. The summed E-state index contributed by atoms with van der Waals surface area (Å²) >= 11 is 0. The molecule has 0 aliphatic rings. The van der Waals surface area contributed by atoms with Crippen LogP contribution in [-0.4, -0.2) is 35.9 Å². The highest BCUT2D eigenvalue weighted by molar-refractivity contribution is 7.53. The molecule has 0 saturated heterocycles. The second-order valence-electron chi connectivity index (χ2n) is 4.65. The topological polar surface area (TPSA) is 111 Å². The van der Waals surface area contributed by atoms with Gasteiger partial charge in [-0.25, -0.2) is 4.79 Å². The van der Waals surface area contributed by atoms with E-state index in [-0.39, 0.29) is 19.6 Å². The first kappa shape index (κ1) is 19.4. The first-order valence-corrected chi connectivity index (χ1v) is 8.94. The molecule has 130 valence electrons. The number of carbonyl (C=O) groups excluding carboxylic acids is 1. The van der Waals surface area contributed by atoms with Gasteiger partial charge in [0, 0.05) is 0 Å². The fourth-order valence-corrected chi connectivity index (χ4v) is 3.17. The number of urea groups is 1. The molecule has 8 nitrogen and oxygen atoms in total. The summed E-state index contributed by atoms with van der Waals surface area (Å²) in [5, 5.41) is 9.99. The highest BCUT2D eigenvalue weighted by Crippen LogP contribution is 2.47. The number of ether oxygens (including phenoxy) is 1. The number of benzene rings is 1. The van der Waals surface area contributed by atoms with Crippen LogP contribution in [0, 0.1) is 0 Å². The minimum absolute atomic E-state index is 0.231. The van der Waals surface area contributed by atoms with Gasteiger partial charge in [-0.15, -0.1) is 0 Å². The van der Waals surface area contributed by atoms with Gasteiger partial charge < -0.3 is 19.5 Å². The lowest BCUT2D eigenvalue weighted by atomic mass is 10.1. The Kier molecular flexibility index (Phi) is 7.51. The zero-order valence-electron chi connectivity index (χ0n) is 13.5. The molecule has 0 aliphatic carbocycles. The molecule has 0 spiro atoms. The van der Waals surface area contributed by atoms with Crippen LogP contribution in [0.5, 0.6) is 5.75 Å². The number of amides is 2. The van der Waals surface area contributed by atoms with Crippen LogP contribution in [0.1, 0.15) is 32.4 Å². The Morgan fingerprint density at radius 2 is 1.96 bits per heavy atom. The standard InChI is InChI=1S/C14H23N2O6P/c1-4-21-23(19,22-5-2)10-20-13-8-6-7-12(9-13)11(3)16(18)14(15)17/h6-9,11,18H,4-5,10H2,1-3H3,(H2,15,17). The number of nitrogens with zero attached hydrogens (tertiary/aromatic N) is 1. The van der Waals surface area contributed by atoms with Gasteiger partial charge in [0.25, 0.3) is 0 Å². The Morgan fingerprint density at radius 1 is 1.35 bits per heavy atom. The molecule has 0 bridgehead atoms. The van der Waals surface area contributed by atoms with Gasteiger partial charge >= 0.3 is 13.6 Å². The van der Waals surface area contributed by atoms with E-state index in [1.165, 1.54) is 0 Å². The molecule has 0 aromatic heterocycles. The number of rotatable bonds is 9. The molecule has 9 heteroatoms. The van der Waals surface area contributed by atoms with Crippen molar-refractivity contribution in [2.24, 2.45) is 5.73 Å². The second-order valence-corrected chi connectivity index (χ2v) is 6.65. The van der Waals surface area contributed by atoms with Crippen molar-refractivity contribution < 1.29 is 28.4 Å². The Morgan fingerprint density at radius 3 is 2.48 bits per heavy atom. The van der Waals surface area contributed by atoms with E-state index in [1.807, 2.05) is 0 Å². The largest absolute Gasteiger partial charge is 0.481 e. The minimum atomic E-state index is -3.31. The summed E-state index contributed by atoms with van der Waals surface area (Å²) in [6.07, 6.45) is -0.231. The molecular formula is C14H23N2O6P. The summed E-state index contributed by atoms with van der Waals surface area (Å²) in [5.74, 6) is 0.409. The predicted molar refractivity (Wildman–Crippen MR) is 84.4 cm³/mol. The van der Waals surface area contributed by atoms with Crippen LogP contribution >= 0.6 is 7.60 Å². The van der Waals surface area contributed by atoms with Gasteiger partial charge in [0.1, 0.15) is 5.75 Å². The van der Waals surface area contributed by atoms with Gasteiger partial charge in [-0.3, -0.25) is 9.77 Å². The SMILES string of the molecule is CCOP(=O)(COc1cccc(C(C)N(O)C(N)=O)c1)OCC. The van der Waals surface area contributed by atoms with E-state index >= 15 is 0 Å². The Hall–Kier alpha value is -1.60. The molecule has 0 radical (unpaired) electrons. The Balaban J connectivity index is 2.81. The average Bonchev–Trinajstić information content (AvgIpc) is 2.52. The zero-order valence-corrected chi connectivity index (χ0v) is 14.4. The monoisotopic (exact) mass is 346 g/mol. The van der Waals surface area contributed by atoms with Gasteiger partial charge in [0.05, 0.1) is 19.3 Å². The lowest BCUT2D eigenvalue weighted by molar-refractivity contribution is -0.0710. The van der Waals surface area contributed by atoms with Gasteiger partial charge in [-0.05, 0) is 38.5 Å². The van der Waals surface area contributed by atoms with Crippen LogP contribution < -0.4 is 10.5 Å². The van der Waals surface area contributed by atoms with Gasteiger partial charge in [0.15, 0.2) is 6.35 Å². The maximum Gasteiger partial charge on any atom is 0.367 e. The maximum absolute atomic E-state index is 12.3. The van der Waals surface area contributed by atoms with Crippen LogP contribution in [-0.2, 0) is 13.6 Å². The number of hydrogen-bond acceptors (Lipinski definition) is 6. The number of carbonyl (C=O) groups is 1. The minimum Gasteiger partial charge on any atom is -0.481 e. The van der Waals surface area contributed by atoms with E-state index in [0.29, 0.717) is 16.4 Å². The maximum atomic E-state index is 12.3. The summed E-state index contributed by atoms with van der Waals surface area (Å²) < 4.78 is 28.1. The third kappa shape index (κ3) is 5.84. The van der Waals surface area contributed by atoms with Crippen molar-refractivity contribution in [3.63, 3.8) is 0 Å². The van der Waals surface area contributed by atoms with Gasteiger partial charge in [-0.2, -0.15) is 5.06 Å². The van der Waals surface area contributed by atoms with Crippen LogP contribution in [0.2, 0.25) is 0 Å². The highest BCUT2D eigenvalue weighted by Gasteiger charge is 2.25. The van der Waals surface area contributed by atoms with Crippen molar-refractivity contribution in [3.05, 3.63) is 29.8 Å². The molecule has 0 saturated carbocycles. The summed E-state index contributed by atoms with van der Waals surface area (Å²) in [4.78, 5) is 11.0. The molecule has 0 aliphatic heterocycles. The van der Waals surface area contributed by atoms with E-state index in [9.17, 15) is 14.6 Å². The van der Waals surface area contributed by atoms with E-state index in [2.05, 4.69) is 0 Å². The molecule has 1 atom stereocenters. The first-order chi connectivity index (χ1) is 10.8. The molecular weight excluding hydrogens is 323 g/mol. The molecule has 1 unspecified atom stereocenters. The number of nitrogens with two attached hydrogens (primary N) is 1. The lowest BCUT2D eigenvalue weighted by Crippen LogP contribution is -2.34. The quantitative estimate of drug-likeness (QED) is 0.404. The Labute approximate surface area is 135 Å². The number of primary amides is 1. The normalized spacial score (nSPS) is 12.7. The third-order valence-corrected chi connectivity index (χ3v) is 4.72. The predicted octanol–water partition coefficient (Wildman–Crippen LogP) is 3.12. The smallest absolute Gasteiger partial charge is 0.367 e. The van der Waals surface area contributed by atoms with Crippen molar-refractivity contribution in [2.45, 2.75) is 26.8 Å².